The molecule has 1 aromatic rings. The average Bonchev–Trinajstić information content (AvgIpc) is 2.04. The number of aliphatic imine (C=N–C) groups is 1. The zero-order chi connectivity index (χ0) is 7.68. The molecule has 2 rings (SSSR count). The second kappa shape index (κ2) is 2.66. The SMILES string of the molecule is BrC1=Nc2ccccc2NC1. The molecule has 11 heavy (non-hydrogen) atoms. The first-order chi connectivity index (χ1) is 5.36. The fraction of sp³-hybridized carbons (Fsp3) is 0.125. The number of nitrogens with zero attached hydrogens (tertiary/aromatic N) is 1. The fourth-order valence-electron chi connectivity index (χ4n) is 1.06. The third kappa shape index (κ3) is 1.28. The molecule has 0 radical (unpaired) electrons. The van der Waals surface area contributed by atoms with Gasteiger partial charge in [-0.2, -0.15) is 0 Å². The summed E-state index contributed by atoms with van der Waals surface area (Å²) in [6, 6.07) is 8.00. The van der Waals surface area contributed by atoms with Crippen molar-refractivity contribution in [1.29, 1.82) is 0 Å². The lowest BCUT2D eigenvalue weighted by Gasteiger charge is -2.13. The van der Waals surface area contributed by atoms with Crippen molar-refractivity contribution < 1.29 is 0 Å². The summed E-state index contributed by atoms with van der Waals surface area (Å²) in [5, 5.41) is 3.23. The highest BCUT2D eigenvalue weighted by atomic mass is 79.9. The van der Waals surface area contributed by atoms with Gasteiger partial charge in [0.15, 0.2) is 0 Å². The van der Waals surface area contributed by atoms with Gasteiger partial charge in [-0.3, -0.25) is 0 Å². The van der Waals surface area contributed by atoms with Crippen molar-refractivity contribution in [3.8, 4) is 0 Å². The molecule has 0 fully saturated rings. The van der Waals surface area contributed by atoms with Crippen LogP contribution in [0.5, 0.6) is 0 Å². The van der Waals surface area contributed by atoms with E-state index in [0.29, 0.717) is 0 Å². The Labute approximate surface area is 73.5 Å². The number of anilines is 1. The van der Waals surface area contributed by atoms with Gasteiger partial charge in [-0.25, -0.2) is 4.99 Å². The molecule has 0 aromatic heterocycles. The molecule has 0 saturated heterocycles. The standard InChI is InChI=1S/C8H7BrN2/c9-8-5-10-6-3-1-2-4-7(6)11-8/h1-4,10H,5H2. The summed E-state index contributed by atoms with van der Waals surface area (Å²) in [6.07, 6.45) is 0. The third-order valence-corrected chi connectivity index (χ3v) is 2.03. The first-order valence-electron chi connectivity index (χ1n) is 3.42. The number of para-hydroxylation sites is 2. The van der Waals surface area contributed by atoms with E-state index in [1.807, 2.05) is 24.3 Å². The Balaban J connectivity index is 2.51. The molecule has 0 spiro atoms. The molecule has 1 N–H and O–H groups in total. The molecule has 1 aromatic carbocycles. The van der Waals surface area contributed by atoms with Gasteiger partial charge in [-0.15, -0.1) is 0 Å². The first-order valence-corrected chi connectivity index (χ1v) is 4.21. The number of nitrogens with one attached hydrogen (secondary N) is 1. The second-order valence-corrected chi connectivity index (χ2v) is 3.27. The zero-order valence-corrected chi connectivity index (χ0v) is 7.43. The van der Waals surface area contributed by atoms with Gasteiger partial charge in [0.05, 0.1) is 17.9 Å². The summed E-state index contributed by atoms with van der Waals surface area (Å²) in [6.45, 7) is 0.789. The maximum atomic E-state index is 4.32. The van der Waals surface area contributed by atoms with Crippen LogP contribution in [0, 0.1) is 0 Å². The van der Waals surface area contributed by atoms with Gasteiger partial charge in [-0.05, 0) is 28.1 Å². The van der Waals surface area contributed by atoms with E-state index in [-0.39, 0.29) is 0 Å². The van der Waals surface area contributed by atoms with Crippen LogP contribution in [-0.2, 0) is 0 Å². The molecule has 2 nitrogen and oxygen atoms in total. The number of fused-ring (bicyclic) bond motifs is 1. The van der Waals surface area contributed by atoms with Gasteiger partial charge in [0.25, 0.3) is 0 Å². The van der Waals surface area contributed by atoms with E-state index in [1.54, 1.807) is 0 Å². The van der Waals surface area contributed by atoms with Crippen LogP contribution in [-0.4, -0.2) is 11.2 Å². The predicted molar refractivity (Wildman–Crippen MR) is 51.0 cm³/mol. The van der Waals surface area contributed by atoms with Crippen molar-refractivity contribution in [2.45, 2.75) is 0 Å². The van der Waals surface area contributed by atoms with Crippen LogP contribution < -0.4 is 5.32 Å². The minimum atomic E-state index is 0.789. The lowest BCUT2D eigenvalue weighted by Crippen LogP contribution is -2.11. The first kappa shape index (κ1) is 6.85. The monoisotopic (exact) mass is 210 g/mol. The lowest BCUT2D eigenvalue weighted by atomic mass is 10.2. The molecule has 0 bridgehead atoms. The van der Waals surface area contributed by atoms with E-state index in [0.717, 1.165) is 22.5 Å². The van der Waals surface area contributed by atoms with Crippen LogP contribution >= 0.6 is 15.9 Å². The molecular formula is C8H7BrN2. The Hall–Kier alpha value is -0.830. The van der Waals surface area contributed by atoms with E-state index < -0.39 is 0 Å². The predicted octanol–water partition coefficient (Wildman–Crippen LogP) is 2.54. The Morgan fingerprint density at radius 3 is 3.09 bits per heavy atom. The molecule has 56 valence electrons. The molecule has 0 aliphatic carbocycles. The lowest BCUT2D eigenvalue weighted by molar-refractivity contribution is 1.33. The van der Waals surface area contributed by atoms with Crippen LogP contribution in [0.25, 0.3) is 0 Å². The van der Waals surface area contributed by atoms with Crippen molar-refractivity contribution in [3.63, 3.8) is 0 Å². The van der Waals surface area contributed by atoms with Gasteiger partial charge in [0.1, 0.15) is 4.62 Å². The highest BCUT2D eigenvalue weighted by molar-refractivity contribution is 9.18. The number of halogens is 1. The van der Waals surface area contributed by atoms with Crippen molar-refractivity contribution in [1.82, 2.24) is 0 Å². The largest absolute Gasteiger partial charge is 0.377 e. The van der Waals surface area contributed by atoms with E-state index in [1.165, 1.54) is 0 Å². The van der Waals surface area contributed by atoms with Gasteiger partial charge in [0.2, 0.25) is 0 Å². The third-order valence-electron chi connectivity index (χ3n) is 1.57. The Kier molecular flexibility index (Phi) is 1.66. The Morgan fingerprint density at radius 1 is 1.36 bits per heavy atom. The summed E-state index contributed by atoms with van der Waals surface area (Å²) in [7, 11) is 0. The van der Waals surface area contributed by atoms with Crippen LogP contribution in [0.1, 0.15) is 0 Å². The quantitative estimate of drug-likeness (QED) is 0.700. The van der Waals surface area contributed by atoms with Crippen molar-refractivity contribution >= 4 is 31.9 Å². The highest BCUT2D eigenvalue weighted by Crippen LogP contribution is 2.27. The van der Waals surface area contributed by atoms with E-state index >= 15 is 0 Å². The summed E-state index contributed by atoms with van der Waals surface area (Å²) in [5.74, 6) is 0. The normalized spacial score (nSPS) is 14.8. The van der Waals surface area contributed by atoms with Crippen molar-refractivity contribution in [2.75, 3.05) is 11.9 Å². The van der Waals surface area contributed by atoms with E-state index in [4.69, 9.17) is 0 Å². The van der Waals surface area contributed by atoms with Gasteiger partial charge >= 0.3 is 0 Å². The van der Waals surface area contributed by atoms with Crippen LogP contribution in [0.3, 0.4) is 0 Å². The summed E-state index contributed by atoms with van der Waals surface area (Å²) in [5.41, 5.74) is 2.11. The minimum Gasteiger partial charge on any atom is -0.377 e. The molecule has 3 heteroatoms. The second-order valence-electron chi connectivity index (χ2n) is 2.36. The van der Waals surface area contributed by atoms with Crippen LogP contribution in [0.15, 0.2) is 29.3 Å². The van der Waals surface area contributed by atoms with Crippen molar-refractivity contribution in [2.24, 2.45) is 4.99 Å². The van der Waals surface area contributed by atoms with Gasteiger partial charge in [0, 0.05) is 0 Å². The van der Waals surface area contributed by atoms with E-state index in [2.05, 4.69) is 26.2 Å². The highest BCUT2D eigenvalue weighted by Gasteiger charge is 2.06. The molecule has 0 unspecified atom stereocenters. The number of hydrogen-bond donors (Lipinski definition) is 1. The number of benzene rings is 1. The molecule has 1 aliphatic rings. The number of hydrogen-bond acceptors (Lipinski definition) is 2. The van der Waals surface area contributed by atoms with Crippen LogP contribution in [0.4, 0.5) is 11.4 Å². The summed E-state index contributed by atoms with van der Waals surface area (Å²) in [4.78, 5) is 4.32. The smallest absolute Gasteiger partial charge is 0.103 e. The summed E-state index contributed by atoms with van der Waals surface area (Å²) < 4.78 is 0.955. The number of rotatable bonds is 0. The Morgan fingerprint density at radius 2 is 2.18 bits per heavy atom. The fourth-order valence-corrected chi connectivity index (χ4v) is 1.39. The average molecular weight is 211 g/mol. The summed E-state index contributed by atoms with van der Waals surface area (Å²) >= 11 is 3.35. The van der Waals surface area contributed by atoms with Crippen molar-refractivity contribution in [3.05, 3.63) is 24.3 Å². The van der Waals surface area contributed by atoms with Crippen LogP contribution in [0.2, 0.25) is 0 Å². The maximum Gasteiger partial charge on any atom is 0.103 e. The van der Waals surface area contributed by atoms with Gasteiger partial charge in [-0.1, -0.05) is 12.1 Å². The maximum absolute atomic E-state index is 4.32. The molecule has 1 aliphatic heterocycles. The van der Waals surface area contributed by atoms with Gasteiger partial charge < -0.3 is 5.32 Å². The minimum absolute atomic E-state index is 0.789. The zero-order valence-electron chi connectivity index (χ0n) is 5.84. The Bertz CT molecular complexity index is 307. The molecule has 1 heterocycles. The molecule has 0 saturated carbocycles. The van der Waals surface area contributed by atoms with E-state index in [9.17, 15) is 0 Å². The molecule has 0 atom stereocenters. The molecule has 0 amide bonds. The molecular weight excluding hydrogens is 204 g/mol. The topological polar surface area (TPSA) is 24.4 Å².